The Morgan fingerprint density at radius 2 is 1.96 bits per heavy atom. The van der Waals surface area contributed by atoms with Gasteiger partial charge in [-0.3, -0.25) is 23.5 Å². The Bertz CT molecular complexity index is 574. The summed E-state index contributed by atoms with van der Waals surface area (Å²) in [6.45, 7) is 4.00. The van der Waals surface area contributed by atoms with E-state index in [1.54, 1.807) is 0 Å². The van der Waals surface area contributed by atoms with Crippen molar-refractivity contribution in [2.45, 2.75) is 45.4 Å². The van der Waals surface area contributed by atoms with E-state index in [2.05, 4.69) is 9.71 Å². The Hall–Kier alpha value is -1.17. The number of hydrogen-bond acceptors (Lipinski definition) is 7. The molecule has 24 heavy (non-hydrogen) atoms. The van der Waals surface area contributed by atoms with Crippen LogP contribution >= 0.6 is 10.8 Å². The fourth-order valence-electron chi connectivity index (χ4n) is 2.16. The lowest BCUT2D eigenvalue weighted by molar-refractivity contribution is -0.00187. The van der Waals surface area contributed by atoms with Gasteiger partial charge < -0.3 is 9.84 Å². The summed E-state index contributed by atoms with van der Waals surface area (Å²) in [5.74, 6) is 0.210. The lowest BCUT2D eigenvalue weighted by atomic mass is 10.2. The van der Waals surface area contributed by atoms with Crippen molar-refractivity contribution >= 4 is 10.8 Å². The Kier molecular flexibility index (Phi) is 10.8. The number of H-pyrrole nitrogens is 1. The van der Waals surface area contributed by atoms with Crippen molar-refractivity contribution < 1.29 is 18.9 Å². The number of nitrogens with zero attached hydrogens (tertiary/aromatic N) is 1. The summed E-state index contributed by atoms with van der Waals surface area (Å²) >= 11 is 0. The monoisotopic (exact) mass is 367 g/mol. The molecule has 1 aliphatic heterocycles. The first-order chi connectivity index (χ1) is 11.4. The molecule has 1 fully saturated rings. The van der Waals surface area contributed by atoms with E-state index in [9.17, 15) is 18.7 Å². The Labute approximate surface area is 143 Å². The number of aliphatic hydroxyl groups excluding tert-OH is 1. The zero-order chi connectivity index (χ0) is 18.8. The Morgan fingerprint density at radius 1 is 1.33 bits per heavy atom. The van der Waals surface area contributed by atoms with E-state index in [4.69, 9.17) is 9.84 Å². The van der Waals surface area contributed by atoms with E-state index in [1.807, 2.05) is 13.8 Å². The number of hydrogen-bond donors (Lipinski definition) is 5. The molecular weight excluding hydrogens is 338 g/mol. The fraction of sp³-hybridized carbons (Fsp3) is 0.714. The van der Waals surface area contributed by atoms with Gasteiger partial charge in [0.15, 0.2) is 0 Å². The molecule has 142 valence electrons. The van der Waals surface area contributed by atoms with Gasteiger partial charge in [0.05, 0.1) is 11.9 Å². The minimum atomic E-state index is -2.75. The van der Waals surface area contributed by atoms with Crippen LogP contribution in [0.3, 0.4) is 0 Å². The van der Waals surface area contributed by atoms with Gasteiger partial charge in [0.2, 0.25) is 0 Å². The topological polar surface area (TPSA) is 137 Å². The third-order valence-electron chi connectivity index (χ3n) is 3.30. The second-order valence-corrected chi connectivity index (χ2v) is 6.82. The van der Waals surface area contributed by atoms with Gasteiger partial charge in [0, 0.05) is 26.4 Å². The summed E-state index contributed by atoms with van der Waals surface area (Å²) in [7, 11) is -0.255. The van der Waals surface area contributed by atoms with Crippen LogP contribution in [-0.2, 0) is 4.74 Å². The zero-order valence-corrected chi connectivity index (χ0v) is 15.4. The number of aliphatic hydroxyl groups is 1. The molecule has 2 atom stereocenters. The van der Waals surface area contributed by atoms with Crippen molar-refractivity contribution in [1.29, 1.82) is 0 Å². The molecule has 0 spiro atoms. The van der Waals surface area contributed by atoms with Gasteiger partial charge in [0.1, 0.15) is 6.23 Å². The van der Waals surface area contributed by atoms with Crippen LogP contribution in [0.25, 0.3) is 0 Å². The fourth-order valence-corrected chi connectivity index (χ4v) is 2.95. The molecule has 2 heterocycles. The highest BCUT2D eigenvalue weighted by molar-refractivity contribution is 8.22. The predicted molar refractivity (Wildman–Crippen MR) is 95.3 cm³/mol. The quantitative estimate of drug-likeness (QED) is 0.526. The molecular formula is C14H29N3O6S. The van der Waals surface area contributed by atoms with E-state index in [1.165, 1.54) is 23.9 Å². The third kappa shape index (κ3) is 7.16. The van der Waals surface area contributed by atoms with Gasteiger partial charge in [-0.05, 0) is 19.3 Å². The number of aromatic nitrogens is 2. The minimum absolute atomic E-state index is 0.127. The molecule has 10 heteroatoms. The summed E-state index contributed by atoms with van der Waals surface area (Å²) in [6, 6.07) is 1.27. The first-order valence-corrected chi connectivity index (χ1v) is 9.49. The Morgan fingerprint density at radius 3 is 2.50 bits per heavy atom. The van der Waals surface area contributed by atoms with Crippen molar-refractivity contribution in [1.82, 2.24) is 14.3 Å². The molecule has 2 rings (SSSR count). The number of aromatic amines is 1. The van der Waals surface area contributed by atoms with Gasteiger partial charge in [-0.2, -0.15) is 0 Å². The molecule has 1 aromatic heterocycles. The molecule has 0 aromatic carbocycles. The molecule has 1 aromatic rings. The largest absolute Gasteiger partial charge is 0.400 e. The minimum Gasteiger partial charge on any atom is -0.400 e. The van der Waals surface area contributed by atoms with Crippen LogP contribution in [0.15, 0.2) is 21.9 Å². The molecule has 1 saturated heterocycles. The first-order valence-electron chi connectivity index (χ1n) is 7.77. The molecule has 9 nitrogen and oxygen atoms in total. The molecule has 0 aliphatic carbocycles. The normalized spacial score (nSPS) is 20.5. The predicted octanol–water partition coefficient (Wildman–Crippen LogP) is 1.12. The Balaban J connectivity index is 0.00000123. The average molecular weight is 367 g/mol. The molecule has 5 N–H and O–H groups in total. The van der Waals surface area contributed by atoms with Crippen molar-refractivity contribution in [2.75, 3.05) is 19.9 Å². The van der Waals surface area contributed by atoms with Gasteiger partial charge in [0.25, 0.3) is 5.56 Å². The van der Waals surface area contributed by atoms with Crippen LogP contribution in [0.2, 0.25) is 0 Å². The smallest absolute Gasteiger partial charge is 0.330 e. The summed E-state index contributed by atoms with van der Waals surface area (Å²) in [5.41, 5.74) is -0.938. The molecule has 0 radical (unpaired) electrons. The summed E-state index contributed by atoms with van der Waals surface area (Å²) in [6.07, 6.45) is 2.75. The molecule has 0 bridgehead atoms. The van der Waals surface area contributed by atoms with Crippen LogP contribution < -0.4 is 16.0 Å². The van der Waals surface area contributed by atoms with E-state index in [-0.39, 0.29) is 11.9 Å². The summed E-state index contributed by atoms with van der Waals surface area (Å²) < 4.78 is 28.6. The number of ether oxygens (including phenoxy) is 1. The highest BCUT2D eigenvalue weighted by atomic mass is 32.3. The first kappa shape index (κ1) is 22.8. The maximum atomic E-state index is 11.6. The van der Waals surface area contributed by atoms with Crippen LogP contribution in [-0.4, -0.2) is 49.8 Å². The maximum absolute atomic E-state index is 11.6. The maximum Gasteiger partial charge on any atom is 0.330 e. The van der Waals surface area contributed by atoms with E-state index < -0.39 is 28.3 Å². The van der Waals surface area contributed by atoms with Crippen LogP contribution in [0.4, 0.5) is 0 Å². The third-order valence-corrected chi connectivity index (χ3v) is 4.76. The van der Waals surface area contributed by atoms with E-state index in [0.29, 0.717) is 12.8 Å². The average Bonchev–Trinajstić information content (AvgIpc) is 3.05. The number of nitrogens with one attached hydrogen (secondary N) is 2. The van der Waals surface area contributed by atoms with E-state index in [0.717, 1.165) is 13.5 Å². The highest BCUT2D eigenvalue weighted by Crippen LogP contribution is 2.36. The number of rotatable bonds is 5. The second-order valence-electron chi connectivity index (χ2n) is 4.67. The molecule has 2 unspecified atom stereocenters. The second kappa shape index (κ2) is 11.4. The highest BCUT2D eigenvalue weighted by Gasteiger charge is 2.28. The molecule has 1 aliphatic rings. The summed E-state index contributed by atoms with van der Waals surface area (Å²) in [5, 5.41) is 7.00. The van der Waals surface area contributed by atoms with Gasteiger partial charge in [-0.15, -0.1) is 10.8 Å². The van der Waals surface area contributed by atoms with Gasteiger partial charge in [-0.25, -0.2) is 9.52 Å². The van der Waals surface area contributed by atoms with Crippen molar-refractivity contribution in [3.63, 3.8) is 0 Å². The van der Waals surface area contributed by atoms with Crippen LogP contribution in [0.1, 0.15) is 39.3 Å². The van der Waals surface area contributed by atoms with E-state index >= 15 is 0 Å². The van der Waals surface area contributed by atoms with Crippen molar-refractivity contribution in [3.05, 3.63) is 33.1 Å². The molecule has 0 amide bonds. The summed E-state index contributed by atoms with van der Waals surface area (Å²) in [4.78, 5) is 24.8. The van der Waals surface area contributed by atoms with Gasteiger partial charge in [-0.1, -0.05) is 13.8 Å². The standard InChI is InChI=1S/C11H19N3O5S.C2H6.CH4O/c1-12-20(17,18)7-5-8-2-3-10(19-8)14-6-4-9(15)13-11(14)16;2*1-2/h4,6,8,10,12,17-18H,2-3,5,7H2,1H3,(H,13,15,16);1-2H3;2H,1H3. The lowest BCUT2D eigenvalue weighted by Gasteiger charge is -2.31. The SMILES string of the molecule is CC.CNS(O)(O)CCC1CCC(n2ccc(=O)[nH]c2=O)O1.CO. The molecule has 0 saturated carbocycles. The van der Waals surface area contributed by atoms with Crippen molar-refractivity contribution in [3.8, 4) is 0 Å². The lowest BCUT2D eigenvalue weighted by Crippen LogP contribution is -2.31. The van der Waals surface area contributed by atoms with Crippen molar-refractivity contribution in [2.24, 2.45) is 0 Å². The van der Waals surface area contributed by atoms with Gasteiger partial charge >= 0.3 is 5.69 Å². The zero-order valence-electron chi connectivity index (χ0n) is 14.6. The van der Waals surface area contributed by atoms with Crippen LogP contribution in [0, 0.1) is 0 Å². The van der Waals surface area contributed by atoms with Crippen LogP contribution in [0.5, 0.6) is 0 Å².